The number of anilines is 1. The van der Waals surface area contributed by atoms with Gasteiger partial charge in [-0.15, -0.1) is 0 Å². The number of nitrogens with one attached hydrogen (secondary N) is 2. The number of H-pyrrole nitrogens is 1. The zero-order valence-electron chi connectivity index (χ0n) is 10.8. The van der Waals surface area contributed by atoms with E-state index in [1.165, 1.54) is 12.1 Å². The highest BCUT2D eigenvalue weighted by Crippen LogP contribution is 2.27. The van der Waals surface area contributed by atoms with E-state index in [4.69, 9.17) is 0 Å². The Morgan fingerprint density at radius 3 is 2.85 bits per heavy atom. The van der Waals surface area contributed by atoms with Gasteiger partial charge < -0.3 is 5.32 Å². The molecule has 1 aromatic heterocycles. The third kappa shape index (κ3) is 2.22. The minimum absolute atomic E-state index is 0.281. The van der Waals surface area contributed by atoms with Crippen molar-refractivity contribution in [2.75, 3.05) is 5.32 Å². The second-order valence-corrected chi connectivity index (χ2v) is 4.67. The molecule has 0 bridgehead atoms. The Kier molecular flexibility index (Phi) is 3.10. The average Bonchev–Trinajstić information content (AvgIpc) is 2.87. The highest BCUT2D eigenvalue weighted by molar-refractivity contribution is 5.90. The number of halogens is 2. The van der Waals surface area contributed by atoms with Crippen LogP contribution in [0.25, 0.3) is 10.9 Å². The fraction of sp³-hybridized carbons (Fsp3) is 0.133. The molecule has 20 heavy (non-hydrogen) atoms. The Balaban J connectivity index is 1.92. The van der Waals surface area contributed by atoms with Crippen molar-refractivity contribution >= 4 is 16.6 Å². The summed E-state index contributed by atoms with van der Waals surface area (Å²) in [5.41, 5.74) is 2.18. The summed E-state index contributed by atoms with van der Waals surface area (Å²) in [5.74, 6) is -1.13. The Labute approximate surface area is 114 Å². The van der Waals surface area contributed by atoms with E-state index in [9.17, 15) is 8.78 Å². The van der Waals surface area contributed by atoms with E-state index in [1.807, 2.05) is 25.1 Å². The molecule has 1 unspecified atom stereocenters. The lowest BCUT2D eigenvalue weighted by Crippen LogP contribution is -2.09. The molecule has 5 heteroatoms. The normalized spacial score (nSPS) is 12.6. The molecule has 3 rings (SSSR count). The van der Waals surface area contributed by atoms with Gasteiger partial charge in [0.1, 0.15) is 11.6 Å². The van der Waals surface area contributed by atoms with Crippen molar-refractivity contribution in [2.45, 2.75) is 13.0 Å². The van der Waals surface area contributed by atoms with Crippen LogP contribution >= 0.6 is 0 Å². The molecule has 3 aromatic rings. The van der Waals surface area contributed by atoms with Crippen molar-refractivity contribution in [1.29, 1.82) is 0 Å². The zero-order valence-corrected chi connectivity index (χ0v) is 10.8. The van der Waals surface area contributed by atoms with Gasteiger partial charge in [-0.2, -0.15) is 5.10 Å². The van der Waals surface area contributed by atoms with Crippen molar-refractivity contribution in [2.24, 2.45) is 0 Å². The number of hydrogen-bond donors (Lipinski definition) is 2. The standard InChI is InChI=1S/C15H13F2N3/c1-9(11-6-5-10(16)7-13(11)17)19-14-3-2-4-15-12(14)8-18-20-15/h2-9,19H,1H3,(H,18,20). The van der Waals surface area contributed by atoms with Crippen LogP contribution in [0, 0.1) is 11.6 Å². The molecular weight excluding hydrogens is 260 g/mol. The third-order valence-corrected chi connectivity index (χ3v) is 3.29. The highest BCUT2D eigenvalue weighted by Gasteiger charge is 2.13. The van der Waals surface area contributed by atoms with Crippen LogP contribution < -0.4 is 5.32 Å². The number of benzene rings is 2. The van der Waals surface area contributed by atoms with Crippen LogP contribution in [0.5, 0.6) is 0 Å². The summed E-state index contributed by atoms with van der Waals surface area (Å²) in [6.07, 6.45) is 1.71. The molecule has 2 aromatic carbocycles. The minimum atomic E-state index is -0.574. The van der Waals surface area contributed by atoms with Crippen LogP contribution in [0.2, 0.25) is 0 Å². The van der Waals surface area contributed by atoms with Gasteiger partial charge in [-0.1, -0.05) is 12.1 Å². The van der Waals surface area contributed by atoms with Gasteiger partial charge in [0.2, 0.25) is 0 Å². The van der Waals surface area contributed by atoms with E-state index in [2.05, 4.69) is 15.5 Å². The van der Waals surface area contributed by atoms with Gasteiger partial charge in [0.25, 0.3) is 0 Å². The molecule has 0 amide bonds. The number of rotatable bonds is 3. The van der Waals surface area contributed by atoms with Crippen LogP contribution in [0.4, 0.5) is 14.5 Å². The fourth-order valence-electron chi connectivity index (χ4n) is 2.26. The first-order valence-corrected chi connectivity index (χ1v) is 6.29. The summed E-state index contributed by atoms with van der Waals surface area (Å²) in [7, 11) is 0. The van der Waals surface area contributed by atoms with Gasteiger partial charge in [0, 0.05) is 22.7 Å². The van der Waals surface area contributed by atoms with E-state index < -0.39 is 11.6 Å². The first-order valence-electron chi connectivity index (χ1n) is 6.29. The molecule has 0 radical (unpaired) electrons. The highest BCUT2D eigenvalue weighted by atomic mass is 19.1. The lowest BCUT2D eigenvalue weighted by molar-refractivity contribution is 0.566. The van der Waals surface area contributed by atoms with Gasteiger partial charge in [0.05, 0.1) is 17.8 Å². The molecule has 2 N–H and O–H groups in total. The van der Waals surface area contributed by atoms with Crippen LogP contribution in [0.3, 0.4) is 0 Å². The predicted octanol–water partition coefficient (Wildman–Crippen LogP) is 4.01. The van der Waals surface area contributed by atoms with Gasteiger partial charge in [-0.05, 0) is 25.1 Å². The third-order valence-electron chi connectivity index (χ3n) is 3.29. The number of fused-ring (bicyclic) bond motifs is 1. The topological polar surface area (TPSA) is 40.7 Å². The minimum Gasteiger partial charge on any atom is -0.378 e. The number of nitrogens with zero attached hydrogens (tertiary/aromatic N) is 1. The van der Waals surface area contributed by atoms with E-state index in [1.54, 1.807) is 6.20 Å². The Hall–Kier alpha value is -2.43. The number of hydrogen-bond acceptors (Lipinski definition) is 2. The molecule has 0 aliphatic carbocycles. The summed E-state index contributed by atoms with van der Waals surface area (Å²) in [4.78, 5) is 0. The molecular formula is C15H13F2N3. The van der Waals surface area contributed by atoms with E-state index >= 15 is 0 Å². The van der Waals surface area contributed by atoms with E-state index in [0.717, 1.165) is 22.7 Å². The van der Waals surface area contributed by atoms with Gasteiger partial charge in [-0.25, -0.2) is 8.78 Å². The van der Waals surface area contributed by atoms with Crippen LogP contribution in [0.1, 0.15) is 18.5 Å². The second-order valence-electron chi connectivity index (χ2n) is 4.67. The maximum Gasteiger partial charge on any atom is 0.131 e. The summed E-state index contributed by atoms with van der Waals surface area (Å²) in [6.45, 7) is 1.83. The van der Waals surface area contributed by atoms with Gasteiger partial charge >= 0.3 is 0 Å². The summed E-state index contributed by atoms with van der Waals surface area (Å²) < 4.78 is 26.7. The van der Waals surface area contributed by atoms with E-state index in [-0.39, 0.29) is 6.04 Å². The number of aromatic nitrogens is 2. The lowest BCUT2D eigenvalue weighted by atomic mass is 10.1. The molecule has 3 nitrogen and oxygen atoms in total. The van der Waals surface area contributed by atoms with Crippen LogP contribution in [-0.4, -0.2) is 10.2 Å². The monoisotopic (exact) mass is 273 g/mol. The van der Waals surface area contributed by atoms with Crippen molar-refractivity contribution in [3.8, 4) is 0 Å². The van der Waals surface area contributed by atoms with Gasteiger partial charge in [0.15, 0.2) is 0 Å². The molecule has 0 fully saturated rings. The Morgan fingerprint density at radius 2 is 2.05 bits per heavy atom. The van der Waals surface area contributed by atoms with Crippen molar-refractivity contribution in [3.63, 3.8) is 0 Å². The lowest BCUT2D eigenvalue weighted by Gasteiger charge is -2.17. The molecule has 102 valence electrons. The maximum atomic E-state index is 13.8. The molecule has 0 saturated carbocycles. The zero-order chi connectivity index (χ0) is 14.1. The predicted molar refractivity (Wildman–Crippen MR) is 74.5 cm³/mol. The van der Waals surface area contributed by atoms with Crippen molar-refractivity contribution in [3.05, 3.63) is 59.8 Å². The molecule has 1 heterocycles. The largest absolute Gasteiger partial charge is 0.378 e. The van der Waals surface area contributed by atoms with Crippen molar-refractivity contribution in [1.82, 2.24) is 10.2 Å². The molecule has 0 aliphatic rings. The van der Waals surface area contributed by atoms with Crippen molar-refractivity contribution < 1.29 is 8.78 Å². The fourth-order valence-corrected chi connectivity index (χ4v) is 2.26. The first-order chi connectivity index (χ1) is 9.65. The SMILES string of the molecule is CC(Nc1cccc2[nH]ncc12)c1ccc(F)cc1F. The average molecular weight is 273 g/mol. The van der Waals surface area contributed by atoms with Gasteiger partial charge in [-0.3, -0.25) is 5.10 Å². The second kappa shape index (κ2) is 4.92. The smallest absolute Gasteiger partial charge is 0.131 e. The quantitative estimate of drug-likeness (QED) is 0.756. The molecule has 1 atom stereocenters. The van der Waals surface area contributed by atoms with Crippen LogP contribution in [0.15, 0.2) is 42.6 Å². The maximum absolute atomic E-state index is 13.8. The van der Waals surface area contributed by atoms with Crippen LogP contribution in [-0.2, 0) is 0 Å². The Morgan fingerprint density at radius 1 is 1.20 bits per heavy atom. The Bertz CT molecular complexity index is 752. The summed E-state index contributed by atoms with van der Waals surface area (Å²) >= 11 is 0. The molecule has 0 saturated heterocycles. The summed E-state index contributed by atoms with van der Waals surface area (Å²) in [5, 5.41) is 11.0. The first kappa shape index (κ1) is 12.6. The van der Waals surface area contributed by atoms with E-state index in [0.29, 0.717) is 5.56 Å². The summed E-state index contributed by atoms with van der Waals surface area (Å²) in [6, 6.07) is 9.03. The molecule has 0 aliphatic heterocycles. The molecule has 0 spiro atoms. The number of aromatic amines is 1.